The number of anilines is 1. The molecule has 24 heavy (non-hydrogen) atoms. The second kappa shape index (κ2) is 7.31. The van der Waals surface area contributed by atoms with Crippen molar-refractivity contribution in [1.29, 1.82) is 0 Å². The normalized spacial score (nSPS) is 10.6. The summed E-state index contributed by atoms with van der Waals surface area (Å²) in [5, 5.41) is 9.88. The van der Waals surface area contributed by atoms with Gasteiger partial charge in [-0.15, -0.1) is 0 Å². The zero-order valence-electron chi connectivity index (χ0n) is 13.5. The first-order valence-electron chi connectivity index (χ1n) is 7.54. The second-order valence-corrected chi connectivity index (χ2v) is 6.28. The lowest BCUT2D eigenvalue weighted by Crippen LogP contribution is -2.11. The van der Waals surface area contributed by atoms with Crippen LogP contribution in [0.1, 0.15) is 21.7 Å². The van der Waals surface area contributed by atoms with E-state index in [4.69, 9.17) is 0 Å². The zero-order chi connectivity index (χ0) is 16.9. The van der Waals surface area contributed by atoms with E-state index >= 15 is 0 Å². The molecule has 6 heteroatoms. The van der Waals surface area contributed by atoms with Gasteiger partial charge in [-0.2, -0.15) is 16.9 Å². The molecule has 2 aromatic carbocycles. The third kappa shape index (κ3) is 3.83. The number of thioether (sulfide) groups is 1. The van der Waals surface area contributed by atoms with E-state index in [0.29, 0.717) is 17.1 Å². The summed E-state index contributed by atoms with van der Waals surface area (Å²) in [6.45, 7) is 1.85. The lowest BCUT2D eigenvalue weighted by atomic mass is 10.1. The smallest absolute Gasteiger partial charge is 0.255 e. The number of aryl methyl sites for hydroxylation is 1. The van der Waals surface area contributed by atoms with Gasteiger partial charge in [0.1, 0.15) is 5.82 Å². The molecule has 0 bridgehead atoms. The molecule has 2 N–H and O–H groups in total. The summed E-state index contributed by atoms with van der Waals surface area (Å²) in [5.74, 6) is 2.18. The van der Waals surface area contributed by atoms with Crippen molar-refractivity contribution in [3.63, 3.8) is 0 Å². The number of nitrogens with zero attached hydrogens (tertiary/aromatic N) is 2. The third-order valence-electron chi connectivity index (χ3n) is 3.50. The maximum Gasteiger partial charge on any atom is 0.255 e. The number of nitrogens with one attached hydrogen (secondary N) is 2. The molecular weight excluding hydrogens is 320 g/mol. The van der Waals surface area contributed by atoms with Crippen LogP contribution in [-0.2, 0) is 5.75 Å². The van der Waals surface area contributed by atoms with Gasteiger partial charge in [0.05, 0.1) is 0 Å². The summed E-state index contributed by atoms with van der Waals surface area (Å²) in [6, 6.07) is 15.2. The molecule has 0 spiro atoms. The van der Waals surface area contributed by atoms with Crippen LogP contribution < -0.4 is 5.32 Å². The Bertz CT molecular complexity index is 842. The number of amides is 1. The van der Waals surface area contributed by atoms with Gasteiger partial charge in [0, 0.05) is 22.6 Å². The molecule has 0 atom stereocenters. The van der Waals surface area contributed by atoms with E-state index in [1.807, 2.05) is 55.5 Å². The molecule has 0 aliphatic heterocycles. The van der Waals surface area contributed by atoms with Crippen molar-refractivity contribution in [2.75, 3.05) is 11.6 Å². The van der Waals surface area contributed by atoms with E-state index in [1.165, 1.54) is 5.56 Å². The van der Waals surface area contributed by atoms with E-state index in [0.717, 1.165) is 17.1 Å². The van der Waals surface area contributed by atoms with Crippen LogP contribution in [0.3, 0.4) is 0 Å². The number of benzene rings is 2. The summed E-state index contributed by atoms with van der Waals surface area (Å²) in [6.07, 6.45) is 2.06. The largest absolute Gasteiger partial charge is 0.322 e. The molecule has 0 saturated heterocycles. The van der Waals surface area contributed by atoms with Crippen molar-refractivity contribution in [3.8, 4) is 11.4 Å². The first-order chi connectivity index (χ1) is 11.7. The van der Waals surface area contributed by atoms with Crippen LogP contribution >= 0.6 is 11.8 Å². The van der Waals surface area contributed by atoms with Crippen LogP contribution in [0, 0.1) is 6.92 Å². The highest BCUT2D eigenvalue weighted by Gasteiger charge is 2.08. The highest BCUT2D eigenvalue weighted by Crippen LogP contribution is 2.20. The molecule has 0 radical (unpaired) electrons. The van der Waals surface area contributed by atoms with Crippen molar-refractivity contribution >= 4 is 23.4 Å². The zero-order valence-corrected chi connectivity index (χ0v) is 14.4. The minimum Gasteiger partial charge on any atom is -0.322 e. The quantitative estimate of drug-likeness (QED) is 0.740. The average Bonchev–Trinajstić information content (AvgIpc) is 3.03. The van der Waals surface area contributed by atoms with Crippen LogP contribution in [0.25, 0.3) is 11.4 Å². The minimum atomic E-state index is -0.131. The van der Waals surface area contributed by atoms with Gasteiger partial charge in [-0.1, -0.05) is 24.3 Å². The molecule has 5 nitrogen and oxygen atoms in total. The molecule has 122 valence electrons. The average molecular weight is 338 g/mol. The number of rotatable bonds is 5. The minimum absolute atomic E-state index is 0.131. The molecule has 1 amide bonds. The van der Waals surface area contributed by atoms with Gasteiger partial charge in [0.25, 0.3) is 5.91 Å². The fourth-order valence-corrected chi connectivity index (χ4v) is 2.86. The van der Waals surface area contributed by atoms with E-state index in [2.05, 4.69) is 26.8 Å². The maximum absolute atomic E-state index is 12.4. The van der Waals surface area contributed by atoms with Gasteiger partial charge in [0.2, 0.25) is 0 Å². The van der Waals surface area contributed by atoms with Crippen molar-refractivity contribution < 1.29 is 4.79 Å². The van der Waals surface area contributed by atoms with Gasteiger partial charge in [0.15, 0.2) is 5.82 Å². The van der Waals surface area contributed by atoms with Crippen LogP contribution in [0.5, 0.6) is 0 Å². The molecule has 0 fully saturated rings. The van der Waals surface area contributed by atoms with Gasteiger partial charge in [-0.3, -0.25) is 9.89 Å². The fraction of sp³-hybridized carbons (Fsp3) is 0.167. The first-order valence-corrected chi connectivity index (χ1v) is 8.94. The Morgan fingerprint density at radius 3 is 2.67 bits per heavy atom. The van der Waals surface area contributed by atoms with Crippen LogP contribution in [0.4, 0.5) is 5.69 Å². The Kier molecular flexibility index (Phi) is 4.96. The number of aromatic amines is 1. The lowest BCUT2D eigenvalue weighted by Gasteiger charge is -2.07. The summed E-state index contributed by atoms with van der Waals surface area (Å²) in [7, 11) is 0. The molecule has 3 aromatic rings. The standard InChI is InChI=1S/C18H18N4OS/c1-12-19-17(22-21-12)15-4-3-5-16(10-15)20-18(23)14-8-6-13(7-9-14)11-24-2/h3-10H,11H2,1-2H3,(H,20,23)(H,19,21,22). The first kappa shape index (κ1) is 16.3. The van der Waals surface area contributed by atoms with Gasteiger partial charge in [-0.05, 0) is 43.0 Å². The Morgan fingerprint density at radius 1 is 1.21 bits per heavy atom. The molecule has 0 saturated carbocycles. The number of carbonyl (C=O) groups is 1. The topological polar surface area (TPSA) is 70.7 Å². The molecule has 0 aliphatic carbocycles. The Hall–Kier alpha value is -2.60. The number of aromatic nitrogens is 3. The highest BCUT2D eigenvalue weighted by molar-refractivity contribution is 7.97. The van der Waals surface area contributed by atoms with Gasteiger partial charge in [-0.25, -0.2) is 4.98 Å². The lowest BCUT2D eigenvalue weighted by molar-refractivity contribution is 0.102. The third-order valence-corrected chi connectivity index (χ3v) is 4.12. The molecule has 3 rings (SSSR count). The molecule has 0 unspecified atom stereocenters. The second-order valence-electron chi connectivity index (χ2n) is 5.41. The molecule has 1 aromatic heterocycles. The van der Waals surface area contributed by atoms with Crippen LogP contribution in [0.15, 0.2) is 48.5 Å². The van der Waals surface area contributed by atoms with Gasteiger partial charge >= 0.3 is 0 Å². The maximum atomic E-state index is 12.4. The van der Waals surface area contributed by atoms with Crippen molar-refractivity contribution in [2.45, 2.75) is 12.7 Å². The monoisotopic (exact) mass is 338 g/mol. The Labute approximate surface area is 144 Å². The Balaban J connectivity index is 1.74. The van der Waals surface area contributed by atoms with Crippen molar-refractivity contribution in [3.05, 3.63) is 65.5 Å². The number of carbonyl (C=O) groups excluding carboxylic acids is 1. The molecule has 1 heterocycles. The molecule has 0 aliphatic rings. The summed E-state index contributed by atoms with van der Waals surface area (Å²) in [5.41, 5.74) is 3.42. The van der Waals surface area contributed by atoms with Crippen LogP contribution in [-0.4, -0.2) is 27.3 Å². The summed E-state index contributed by atoms with van der Waals surface area (Å²) >= 11 is 1.76. The van der Waals surface area contributed by atoms with Crippen molar-refractivity contribution in [1.82, 2.24) is 15.2 Å². The predicted octanol–water partition coefficient (Wildman–Crippen LogP) is 3.90. The van der Waals surface area contributed by atoms with Crippen molar-refractivity contribution in [2.24, 2.45) is 0 Å². The summed E-state index contributed by atoms with van der Waals surface area (Å²) < 4.78 is 0. The highest BCUT2D eigenvalue weighted by atomic mass is 32.2. The van der Waals surface area contributed by atoms with E-state index in [-0.39, 0.29) is 5.91 Å². The number of H-pyrrole nitrogens is 1. The number of hydrogen-bond donors (Lipinski definition) is 2. The van der Waals surface area contributed by atoms with Crippen LogP contribution in [0.2, 0.25) is 0 Å². The predicted molar refractivity (Wildman–Crippen MR) is 98.2 cm³/mol. The van der Waals surface area contributed by atoms with E-state index in [1.54, 1.807) is 11.8 Å². The van der Waals surface area contributed by atoms with E-state index < -0.39 is 0 Å². The fourth-order valence-electron chi connectivity index (χ4n) is 2.33. The van der Waals surface area contributed by atoms with E-state index in [9.17, 15) is 4.79 Å². The number of hydrogen-bond acceptors (Lipinski definition) is 4. The molecular formula is C18H18N4OS. The van der Waals surface area contributed by atoms with Gasteiger partial charge < -0.3 is 5.32 Å². The Morgan fingerprint density at radius 2 is 2.00 bits per heavy atom. The summed E-state index contributed by atoms with van der Waals surface area (Å²) in [4.78, 5) is 16.7. The SMILES string of the molecule is CSCc1ccc(C(=O)Nc2cccc(-c3n[nH]c(C)n3)c2)cc1.